The zero-order chi connectivity index (χ0) is 11.1. The lowest BCUT2D eigenvalue weighted by molar-refractivity contribution is -0.148. The van der Waals surface area contributed by atoms with Crippen molar-refractivity contribution in [1.29, 1.82) is 0 Å². The Bertz CT molecular complexity index is 397. The second-order valence-electron chi connectivity index (χ2n) is 4.07. The number of benzene rings is 1. The van der Waals surface area contributed by atoms with E-state index >= 15 is 0 Å². The highest BCUT2D eigenvalue weighted by Gasteiger charge is 2.51. The molecule has 0 atom stereocenters. The molecule has 0 bridgehead atoms. The first-order valence-electron chi connectivity index (χ1n) is 4.84. The summed E-state index contributed by atoms with van der Waals surface area (Å²) in [7, 11) is 0. The van der Waals surface area contributed by atoms with E-state index in [9.17, 15) is 15.0 Å². The van der Waals surface area contributed by atoms with Crippen molar-refractivity contribution in [2.24, 2.45) is 5.73 Å². The van der Waals surface area contributed by atoms with Gasteiger partial charge in [0.15, 0.2) is 0 Å². The zero-order valence-corrected chi connectivity index (χ0v) is 8.18. The number of para-hydroxylation sites is 1. The lowest BCUT2D eigenvalue weighted by Crippen LogP contribution is -2.54. The van der Waals surface area contributed by atoms with Gasteiger partial charge in [-0.25, -0.2) is 0 Å². The van der Waals surface area contributed by atoms with Crippen LogP contribution in [0, 0.1) is 0 Å². The van der Waals surface area contributed by atoms with Gasteiger partial charge in [-0.1, -0.05) is 18.2 Å². The number of rotatable bonds is 2. The fourth-order valence-corrected chi connectivity index (χ4v) is 2.22. The van der Waals surface area contributed by atoms with Crippen LogP contribution in [0.5, 0.6) is 5.75 Å². The molecular weight excluding hydrogens is 194 g/mol. The van der Waals surface area contributed by atoms with Gasteiger partial charge in [0.25, 0.3) is 0 Å². The SMILES string of the molecule is NC1CC(C(=O)O)(c2ccccc2O)C1. The maximum absolute atomic E-state index is 11.2. The first-order valence-corrected chi connectivity index (χ1v) is 4.84. The van der Waals surface area contributed by atoms with Crippen LogP contribution in [-0.2, 0) is 10.2 Å². The first kappa shape index (κ1) is 9.98. The third kappa shape index (κ3) is 1.37. The molecule has 4 N–H and O–H groups in total. The number of aromatic hydroxyl groups is 1. The summed E-state index contributed by atoms with van der Waals surface area (Å²) in [5, 5.41) is 18.9. The Morgan fingerprint density at radius 2 is 2.00 bits per heavy atom. The van der Waals surface area contributed by atoms with Crippen molar-refractivity contribution >= 4 is 5.97 Å². The average molecular weight is 207 g/mol. The fraction of sp³-hybridized carbons (Fsp3) is 0.364. The minimum atomic E-state index is -0.981. The normalized spacial score (nSPS) is 29.5. The molecule has 0 heterocycles. The third-order valence-electron chi connectivity index (χ3n) is 3.05. The summed E-state index contributed by atoms with van der Waals surface area (Å²) in [6, 6.07) is 6.47. The molecular formula is C11H13NO3. The minimum absolute atomic E-state index is 0.0341. The molecule has 0 radical (unpaired) electrons. The van der Waals surface area contributed by atoms with Gasteiger partial charge in [-0.2, -0.15) is 0 Å². The van der Waals surface area contributed by atoms with Crippen LogP contribution in [0.3, 0.4) is 0 Å². The topological polar surface area (TPSA) is 83.6 Å². The van der Waals surface area contributed by atoms with Gasteiger partial charge in [0.2, 0.25) is 0 Å². The number of hydrogen-bond acceptors (Lipinski definition) is 3. The van der Waals surface area contributed by atoms with Crippen molar-refractivity contribution in [3.05, 3.63) is 29.8 Å². The quantitative estimate of drug-likeness (QED) is 0.670. The smallest absolute Gasteiger partial charge is 0.314 e. The van der Waals surface area contributed by atoms with Crippen LogP contribution >= 0.6 is 0 Å². The van der Waals surface area contributed by atoms with Crippen LogP contribution in [0.25, 0.3) is 0 Å². The van der Waals surface area contributed by atoms with E-state index in [1.165, 1.54) is 6.07 Å². The molecule has 1 aromatic rings. The zero-order valence-electron chi connectivity index (χ0n) is 8.18. The van der Waals surface area contributed by atoms with Gasteiger partial charge in [0.05, 0.1) is 5.41 Å². The largest absolute Gasteiger partial charge is 0.508 e. The molecule has 0 aromatic heterocycles. The van der Waals surface area contributed by atoms with E-state index in [0.29, 0.717) is 18.4 Å². The number of hydrogen-bond donors (Lipinski definition) is 3. The highest BCUT2D eigenvalue weighted by Crippen LogP contribution is 2.46. The van der Waals surface area contributed by atoms with Crippen molar-refractivity contribution in [3.63, 3.8) is 0 Å². The standard InChI is InChI=1S/C11H13NO3/c12-7-5-11(6-7,10(14)15)8-3-1-2-4-9(8)13/h1-4,7,13H,5-6,12H2,(H,14,15). The maximum Gasteiger partial charge on any atom is 0.314 e. The number of carboxylic acid groups (broad SMARTS) is 1. The highest BCUT2D eigenvalue weighted by molar-refractivity contribution is 5.84. The van der Waals surface area contributed by atoms with Crippen LogP contribution in [0.15, 0.2) is 24.3 Å². The van der Waals surface area contributed by atoms with E-state index in [2.05, 4.69) is 0 Å². The number of carbonyl (C=O) groups is 1. The van der Waals surface area contributed by atoms with Crippen LogP contribution in [-0.4, -0.2) is 22.2 Å². The third-order valence-corrected chi connectivity index (χ3v) is 3.05. The van der Waals surface area contributed by atoms with Gasteiger partial charge in [0, 0.05) is 11.6 Å². The molecule has 0 saturated heterocycles. The van der Waals surface area contributed by atoms with Crippen molar-refractivity contribution in [2.45, 2.75) is 24.3 Å². The van der Waals surface area contributed by atoms with Crippen molar-refractivity contribution in [3.8, 4) is 5.75 Å². The Hall–Kier alpha value is -1.55. The van der Waals surface area contributed by atoms with Gasteiger partial charge >= 0.3 is 5.97 Å². The van der Waals surface area contributed by atoms with Gasteiger partial charge < -0.3 is 15.9 Å². The molecule has 1 aliphatic rings. The van der Waals surface area contributed by atoms with Crippen LogP contribution < -0.4 is 5.73 Å². The number of carboxylic acids is 1. The monoisotopic (exact) mass is 207 g/mol. The average Bonchev–Trinajstić information content (AvgIpc) is 2.13. The van der Waals surface area contributed by atoms with E-state index in [4.69, 9.17) is 5.73 Å². The molecule has 0 unspecified atom stereocenters. The van der Waals surface area contributed by atoms with Gasteiger partial charge in [0.1, 0.15) is 5.75 Å². The lowest BCUT2D eigenvalue weighted by atomic mass is 9.61. The molecule has 1 aliphatic carbocycles. The Morgan fingerprint density at radius 3 is 2.47 bits per heavy atom. The van der Waals surface area contributed by atoms with E-state index < -0.39 is 11.4 Å². The molecule has 1 aromatic carbocycles. The Balaban J connectivity index is 2.43. The van der Waals surface area contributed by atoms with E-state index in [-0.39, 0.29) is 11.8 Å². The summed E-state index contributed by atoms with van der Waals surface area (Å²) >= 11 is 0. The molecule has 1 saturated carbocycles. The Kier molecular flexibility index (Phi) is 2.16. The number of nitrogens with two attached hydrogens (primary N) is 1. The highest BCUT2D eigenvalue weighted by atomic mass is 16.4. The molecule has 15 heavy (non-hydrogen) atoms. The van der Waals surface area contributed by atoms with E-state index in [1.54, 1.807) is 18.2 Å². The Labute approximate surface area is 87.3 Å². The van der Waals surface area contributed by atoms with Crippen LogP contribution in [0.2, 0.25) is 0 Å². The summed E-state index contributed by atoms with van der Waals surface area (Å²) in [5.41, 5.74) is 5.12. The Morgan fingerprint density at radius 1 is 1.40 bits per heavy atom. The summed E-state index contributed by atoms with van der Waals surface area (Å²) in [4.78, 5) is 11.2. The van der Waals surface area contributed by atoms with Crippen molar-refractivity contribution in [1.82, 2.24) is 0 Å². The first-order chi connectivity index (χ1) is 7.06. The van der Waals surface area contributed by atoms with Crippen LogP contribution in [0.4, 0.5) is 0 Å². The van der Waals surface area contributed by atoms with Crippen molar-refractivity contribution in [2.75, 3.05) is 0 Å². The molecule has 0 aliphatic heterocycles. The van der Waals surface area contributed by atoms with Crippen LogP contribution in [0.1, 0.15) is 18.4 Å². The molecule has 4 heteroatoms. The molecule has 1 fully saturated rings. The number of phenolic OH excluding ortho intramolecular Hbond substituents is 1. The molecule has 80 valence electrons. The van der Waals surface area contributed by atoms with Gasteiger partial charge in [-0.15, -0.1) is 0 Å². The second-order valence-corrected chi connectivity index (χ2v) is 4.07. The maximum atomic E-state index is 11.2. The number of phenols is 1. The lowest BCUT2D eigenvalue weighted by Gasteiger charge is -2.43. The summed E-state index contributed by atoms with van der Waals surface area (Å²) < 4.78 is 0. The molecule has 0 amide bonds. The molecule has 0 spiro atoms. The van der Waals surface area contributed by atoms with Gasteiger partial charge in [-0.05, 0) is 18.9 Å². The predicted molar refractivity (Wildman–Crippen MR) is 54.6 cm³/mol. The number of aliphatic carboxylic acids is 1. The van der Waals surface area contributed by atoms with E-state index in [0.717, 1.165) is 0 Å². The summed E-state index contributed by atoms with van der Waals surface area (Å²) in [6.45, 7) is 0. The summed E-state index contributed by atoms with van der Waals surface area (Å²) in [6.07, 6.45) is 0.778. The van der Waals surface area contributed by atoms with Crippen molar-refractivity contribution < 1.29 is 15.0 Å². The fourth-order valence-electron chi connectivity index (χ4n) is 2.22. The molecule has 2 rings (SSSR count). The second kappa shape index (κ2) is 3.24. The summed E-state index contributed by atoms with van der Waals surface area (Å²) in [5.74, 6) is -0.877. The van der Waals surface area contributed by atoms with Gasteiger partial charge in [-0.3, -0.25) is 4.79 Å². The molecule has 4 nitrogen and oxygen atoms in total. The predicted octanol–water partition coefficient (Wildman–Crippen LogP) is 0.836. The van der Waals surface area contributed by atoms with E-state index in [1.807, 2.05) is 0 Å². The minimum Gasteiger partial charge on any atom is -0.508 e.